The number of likely N-dealkylation sites (tertiary alicyclic amines) is 1. The van der Waals surface area contributed by atoms with Gasteiger partial charge in [-0.1, -0.05) is 18.2 Å². The third-order valence-corrected chi connectivity index (χ3v) is 8.93. The molecular weight excluding hydrogens is 518 g/mol. The van der Waals surface area contributed by atoms with E-state index in [1.54, 1.807) is 6.92 Å². The number of piperidine rings is 1. The monoisotopic (exact) mass is 559 g/mol. The Labute approximate surface area is 241 Å². The topological polar surface area (TPSA) is 119 Å². The van der Waals surface area contributed by atoms with Crippen LogP contribution in [0.4, 0.5) is 4.79 Å². The molecule has 0 saturated carbocycles. The molecule has 3 aliphatic rings. The molecular formula is C31H41N7O3. The van der Waals surface area contributed by atoms with Crippen LogP contribution in [0.25, 0.3) is 22.2 Å². The van der Waals surface area contributed by atoms with E-state index in [9.17, 15) is 9.59 Å². The average Bonchev–Trinajstić information content (AvgIpc) is 3.40. The van der Waals surface area contributed by atoms with Gasteiger partial charge in [0.1, 0.15) is 5.82 Å². The van der Waals surface area contributed by atoms with Crippen LogP contribution in [-0.2, 0) is 22.6 Å². The van der Waals surface area contributed by atoms with Gasteiger partial charge in [-0.3, -0.25) is 9.78 Å². The zero-order valence-corrected chi connectivity index (χ0v) is 24.0. The second kappa shape index (κ2) is 12.2. The van der Waals surface area contributed by atoms with Crippen molar-refractivity contribution in [2.24, 2.45) is 5.73 Å². The van der Waals surface area contributed by atoms with Gasteiger partial charge in [-0.2, -0.15) is 0 Å². The standard InChI is InChI=1S/C31H41N7O3/c1-21(39)37-16-17-38-28(20-37)29(35-30(38)23-10-18-41-19-11-23)25-4-2-5-27-24(25)6-7-26(34-27)22-8-14-36(15-9-22)31(40)33-13-3-12-32/h2,4-7,22-23H,3,8-20,32H2,1H3,(H,33,40). The van der Waals surface area contributed by atoms with Crippen LogP contribution >= 0.6 is 0 Å². The number of benzene rings is 1. The highest BCUT2D eigenvalue weighted by Gasteiger charge is 2.31. The summed E-state index contributed by atoms with van der Waals surface area (Å²) in [5.41, 5.74) is 10.7. The Kier molecular flexibility index (Phi) is 8.20. The predicted octanol–water partition coefficient (Wildman–Crippen LogP) is 3.59. The van der Waals surface area contributed by atoms with Gasteiger partial charge in [0.2, 0.25) is 5.91 Å². The number of nitrogens with two attached hydrogens (primary N) is 1. The van der Waals surface area contributed by atoms with E-state index >= 15 is 0 Å². The lowest BCUT2D eigenvalue weighted by Crippen LogP contribution is -2.44. The molecule has 1 aromatic carbocycles. The largest absolute Gasteiger partial charge is 0.381 e. The van der Waals surface area contributed by atoms with E-state index in [1.807, 2.05) is 9.80 Å². The number of pyridine rings is 1. The van der Waals surface area contributed by atoms with Crippen molar-refractivity contribution in [2.75, 3.05) is 45.9 Å². The molecule has 3 aromatic rings. The van der Waals surface area contributed by atoms with Crippen LogP contribution in [0.2, 0.25) is 0 Å². The van der Waals surface area contributed by atoms with Crippen LogP contribution in [0.1, 0.15) is 68.1 Å². The molecule has 10 nitrogen and oxygen atoms in total. The summed E-state index contributed by atoms with van der Waals surface area (Å²) < 4.78 is 8.00. The van der Waals surface area contributed by atoms with Gasteiger partial charge in [0, 0.05) is 81.3 Å². The van der Waals surface area contributed by atoms with E-state index in [0.717, 1.165) is 104 Å². The first-order chi connectivity index (χ1) is 20.0. The molecule has 2 saturated heterocycles. The first-order valence-electron chi connectivity index (χ1n) is 15.1. The number of imidazole rings is 1. The Hall–Kier alpha value is -3.50. The summed E-state index contributed by atoms with van der Waals surface area (Å²) in [6.45, 7) is 7.87. The number of aromatic nitrogens is 3. The van der Waals surface area contributed by atoms with Crippen LogP contribution in [0.3, 0.4) is 0 Å². The Morgan fingerprint density at radius 2 is 1.78 bits per heavy atom. The molecule has 2 fully saturated rings. The van der Waals surface area contributed by atoms with Crippen molar-refractivity contribution in [2.45, 2.75) is 64.0 Å². The predicted molar refractivity (Wildman–Crippen MR) is 157 cm³/mol. The van der Waals surface area contributed by atoms with Crippen molar-refractivity contribution in [1.29, 1.82) is 0 Å². The van der Waals surface area contributed by atoms with E-state index in [2.05, 4.69) is 40.2 Å². The molecule has 0 spiro atoms. The van der Waals surface area contributed by atoms with Gasteiger partial charge in [-0.15, -0.1) is 0 Å². The highest BCUT2D eigenvalue weighted by molar-refractivity contribution is 5.94. The number of fused-ring (bicyclic) bond motifs is 2. The van der Waals surface area contributed by atoms with Gasteiger partial charge < -0.3 is 30.2 Å². The quantitative estimate of drug-likeness (QED) is 0.446. The van der Waals surface area contributed by atoms with E-state index in [4.69, 9.17) is 20.4 Å². The Morgan fingerprint density at radius 3 is 2.54 bits per heavy atom. The van der Waals surface area contributed by atoms with Crippen molar-refractivity contribution >= 4 is 22.8 Å². The maximum atomic E-state index is 12.4. The number of amides is 3. The number of ether oxygens (including phenoxy) is 1. The van der Waals surface area contributed by atoms with Crippen LogP contribution in [0.5, 0.6) is 0 Å². The molecule has 3 N–H and O–H groups in total. The van der Waals surface area contributed by atoms with Crippen molar-refractivity contribution in [3.63, 3.8) is 0 Å². The number of rotatable bonds is 6. The second-order valence-electron chi connectivity index (χ2n) is 11.5. The van der Waals surface area contributed by atoms with Gasteiger partial charge in [0.15, 0.2) is 0 Å². The van der Waals surface area contributed by atoms with E-state index in [-0.39, 0.29) is 11.9 Å². The molecule has 0 radical (unpaired) electrons. The summed E-state index contributed by atoms with van der Waals surface area (Å²) in [4.78, 5) is 39.0. The number of hydrogen-bond acceptors (Lipinski definition) is 6. The Morgan fingerprint density at radius 1 is 0.976 bits per heavy atom. The molecule has 218 valence electrons. The first kappa shape index (κ1) is 27.7. The lowest BCUT2D eigenvalue weighted by atomic mass is 9.92. The van der Waals surface area contributed by atoms with Gasteiger partial charge in [-0.05, 0) is 50.8 Å². The number of hydrogen-bond donors (Lipinski definition) is 2. The molecule has 2 aromatic heterocycles. The number of carbonyl (C=O) groups excluding carboxylic acids is 2. The van der Waals surface area contributed by atoms with Crippen LogP contribution in [-0.4, -0.2) is 82.2 Å². The molecule has 5 heterocycles. The molecule has 3 aliphatic heterocycles. The summed E-state index contributed by atoms with van der Waals surface area (Å²) in [7, 11) is 0. The van der Waals surface area contributed by atoms with Crippen molar-refractivity contribution in [3.05, 3.63) is 47.5 Å². The van der Waals surface area contributed by atoms with Gasteiger partial charge in [-0.25, -0.2) is 9.78 Å². The minimum absolute atomic E-state index is 0.000118. The van der Waals surface area contributed by atoms with Crippen molar-refractivity contribution in [3.8, 4) is 11.3 Å². The molecule has 10 heteroatoms. The molecule has 41 heavy (non-hydrogen) atoms. The van der Waals surface area contributed by atoms with Gasteiger partial charge in [0.05, 0.1) is 23.4 Å². The third-order valence-electron chi connectivity index (χ3n) is 8.93. The second-order valence-corrected chi connectivity index (χ2v) is 11.5. The number of carbonyl (C=O) groups is 2. The molecule has 0 atom stereocenters. The number of urea groups is 1. The summed E-state index contributed by atoms with van der Waals surface area (Å²) >= 11 is 0. The van der Waals surface area contributed by atoms with Gasteiger partial charge >= 0.3 is 6.03 Å². The zero-order valence-electron chi connectivity index (χ0n) is 24.0. The Bertz CT molecular complexity index is 1410. The zero-order chi connectivity index (χ0) is 28.3. The molecule has 3 amide bonds. The maximum Gasteiger partial charge on any atom is 0.317 e. The minimum atomic E-state index is -0.000118. The first-order valence-corrected chi connectivity index (χ1v) is 15.1. The SMILES string of the molecule is CC(=O)N1CCn2c(C3CCOCC3)nc(-c3cccc4nc(C5CCN(C(=O)NCCCN)CC5)ccc34)c2C1. The fourth-order valence-corrected chi connectivity index (χ4v) is 6.54. The third kappa shape index (κ3) is 5.67. The number of nitrogens with one attached hydrogen (secondary N) is 1. The lowest BCUT2D eigenvalue weighted by molar-refractivity contribution is -0.130. The van der Waals surface area contributed by atoms with E-state index in [0.29, 0.717) is 38.0 Å². The molecule has 0 unspecified atom stereocenters. The lowest BCUT2D eigenvalue weighted by Gasteiger charge is -2.32. The fraction of sp³-hybridized carbons (Fsp3) is 0.548. The molecule has 6 rings (SSSR count). The number of nitrogens with zero attached hydrogens (tertiary/aromatic N) is 5. The van der Waals surface area contributed by atoms with Crippen molar-refractivity contribution < 1.29 is 14.3 Å². The Balaban J connectivity index is 1.27. The van der Waals surface area contributed by atoms with Crippen LogP contribution < -0.4 is 11.1 Å². The normalized spacial score (nSPS) is 18.5. The van der Waals surface area contributed by atoms with Gasteiger partial charge in [0.25, 0.3) is 0 Å². The van der Waals surface area contributed by atoms with Crippen LogP contribution in [0, 0.1) is 0 Å². The smallest absolute Gasteiger partial charge is 0.317 e. The average molecular weight is 560 g/mol. The summed E-state index contributed by atoms with van der Waals surface area (Å²) in [5, 5.41) is 4.04. The highest BCUT2D eigenvalue weighted by atomic mass is 16.5. The summed E-state index contributed by atoms with van der Waals surface area (Å²) in [5.74, 6) is 1.91. The summed E-state index contributed by atoms with van der Waals surface area (Å²) in [6, 6.07) is 10.6. The molecule has 0 aliphatic carbocycles. The highest BCUT2D eigenvalue weighted by Crippen LogP contribution is 2.37. The van der Waals surface area contributed by atoms with Crippen LogP contribution in [0.15, 0.2) is 30.3 Å². The molecule has 0 bridgehead atoms. The fourth-order valence-electron chi connectivity index (χ4n) is 6.54. The summed E-state index contributed by atoms with van der Waals surface area (Å²) in [6.07, 6.45) is 4.53. The van der Waals surface area contributed by atoms with E-state index < -0.39 is 0 Å². The van der Waals surface area contributed by atoms with Crippen molar-refractivity contribution in [1.82, 2.24) is 29.7 Å². The maximum absolute atomic E-state index is 12.4. The van der Waals surface area contributed by atoms with E-state index in [1.165, 1.54) is 0 Å². The minimum Gasteiger partial charge on any atom is -0.381 e.